The van der Waals surface area contributed by atoms with Gasteiger partial charge in [-0.05, 0) is 42.3 Å². The second-order valence-electron chi connectivity index (χ2n) is 11.8. The molecule has 0 aliphatic carbocycles. The third-order valence-electron chi connectivity index (χ3n) is 8.07. The zero-order chi connectivity index (χ0) is 35.4. The molecule has 0 saturated heterocycles. The number of allylic oxidation sites excluding steroid dienone is 1. The monoisotopic (exact) mass is 741 g/mol. The molecule has 0 saturated carbocycles. The van der Waals surface area contributed by atoms with E-state index in [0.717, 1.165) is 16.9 Å². The molecule has 0 bridgehead atoms. The van der Waals surface area contributed by atoms with Crippen molar-refractivity contribution >= 4 is 60.3 Å². The van der Waals surface area contributed by atoms with Crippen molar-refractivity contribution in [3.05, 3.63) is 155 Å². The van der Waals surface area contributed by atoms with Crippen LogP contribution in [-0.4, -0.2) is 39.2 Å². The highest BCUT2D eigenvalue weighted by atomic mass is 35.5. The van der Waals surface area contributed by atoms with Crippen LogP contribution in [0.2, 0.25) is 5.02 Å². The summed E-state index contributed by atoms with van der Waals surface area (Å²) >= 11 is 6.64. The average Bonchev–Trinajstić information content (AvgIpc) is 3.71. The molecule has 7 rings (SSSR count). The third kappa shape index (κ3) is 8.15. The maximum Gasteiger partial charge on any atom is 0.297 e. The van der Waals surface area contributed by atoms with Gasteiger partial charge < -0.3 is 18.9 Å². The molecule has 0 fully saturated rings. The number of nitrogens with one attached hydrogen (secondary N) is 1. The number of ether oxygens (including phenoxy) is 1. The highest BCUT2D eigenvalue weighted by molar-refractivity contribution is 8.12. The molecule has 1 unspecified atom stereocenters. The van der Waals surface area contributed by atoms with E-state index in [-0.39, 0.29) is 39.5 Å². The van der Waals surface area contributed by atoms with E-state index in [1.54, 1.807) is 35.0 Å². The lowest BCUT2D eigenvalue weighted by Crippen LogP contribution is -2.12. The van der Waals surface area contributed by atoms with Crippen LogP contribution < -0.4 is 10.1 Å². The van der Waals surface area contributed by atoms with E-state index < -0.39 is 15.9 Å². The zero-order valence-electron chi connectivity index (χ0n) is 27.4. The summed E-state index contributed by atoms with van der Waals surface area (Å²) < 4.78 is 56.5. The molecular formula is C38H33ClFN5O4S2. The summed E-state index contributed by atoms with van der Waals surface area (Å²) in [5.74, 6) is 0.925. The summed E-state index contributed by atoms with van der Waals surface area (Å²) in [4.78, 5) is 8.79. The van der Waals surface area contributed by atoms with Gasteiger partial charge in [0.2, 0.25) is 0 Å². The van der Waals surface area contributed by atoms with E-state index in [4.69, 9.17) is 20.5 Å². The van der Waals surface area contributed by atoms with Gasteiger partial charge in [0, 0.05) is 35.6 Å². The molecule has 4 aromatic carbocycles. The first-order chi connectivity index (χ1) is 24.7. The lowest BCUT2D eigenvalue weighted by molar-refractivity contribution is 0.302. The van der Waals surface area contributed by atoms with Gasteiger partial charge in [0.1, 0.15) is 11.8 Å². The summed E-state index contributed by atoms with van der Waals surface area (Å²) in [6.07, 6.45) is 5.05. The van der Waals surface area contributed by atoms with Crippen molar-refractivity contribution in [1.82, 2.24) is 18.8 Å². The summed E-state index contributed by atoms with van der Waals surface area (Å²) in [7, 11) is -4.28. The van der Waals surface area contributed by atoms with Crippen LogP contribution in [0.15, 0.2) is 133 Å². The van der Waals surface area contributed by atoms with Crippen LogP contribution in [0.4, 0.5) is 15.9 Å². The molecule has 6 aromatic rings. The molecule has 260 valence electrons. The first-order valence-electron chi connectivity index (χ1n) is 16.0. The number of fused-ring (bicyclic) bond motifs is 1. The Kier molecular flexibility index (Phi) is 10.2. The molecule has 2 aromatic heterocycles. The number of aryl methyl sites for hydroxylation is 1. The normalized spacial score (nSPS) is 14.4. The van der Waals surface area contributed by atoms with Crippen LogP contribution >= 0.6 is 22.3 Å². The average molecular weight is 742 g/mol. The molecule has 1 N–H and O–H groups in total. The zero-order valence-corrected chi connectivity index (χ0v) is 29.8. The van der Waals surface area contributed by atoms with E-state index in [0.29, 0.717) is 34.8 Å². The Balaban J connectivity index is 1.08. The fourth-order valence-electron chi connectivity index (χ4n) is 5.57. The van der Waals surface area contributed by atoms with E-state index in [1.165, 1.54) is 30.1 Å². The standard InChI is InChI=1S/C38H33ClFN5O4S2/c1-27-12-14-32(15-13-27)51(46,47)48-19-18-44-17-16-35-36(44)38(42-26-41-35)43-30-20-33(39)37(34(40)21-30)49-31-23-45(22-28-8-4-2-5-9-28)50(25-31)24-29-10-6-3-7-11-29/h2-17,20-21,23,25-26H,18-19,22,24H2,1H3,(H,41,42,43). The predicted molar refractivity (Wildman–Crippen MR) is 201 cm³/mol. The maximum absolute atomic E-state index is 15.7. The topological polar surface area (TPSA) is 98.6 Å². The predicted octanol–water partition coefficient (Wildman–Crippen LogP) is 8.60. The number of aromatic nitrogens is 3. The lowest BCUT2D eigenvalue weighted by atomic mass is 10.2. The van der Waals surface area contributed by atoms with E-state index in [1.807, 2.05) is 54.9 Å². The summed E-state index contributed by atoms with van der Waals surface area (Å²) in [5, 5.41) is 5.23. The smallest absolute Gasteiger partial charge is 0.297 e. The second-order valence-corrected chi connectivity index (χ2v) is 15.6. The molecule has 51 heavy (non-hydrogen) atoms. The molecule has 1 aliphatic rings. The summed E-state index contributed by atoms with van der Waals surface area (Å²) in [6, 6.07) is 31.5. The molecule has 13 heteroatoms. The molecule has 1 aliphatic heterocycles. The largest absolute Gasteiger partial charge is 0.451 e. The molecule has 0 spiro atoms. The quantitative estimate of drug-likeness (QED) is 0.0929. The Morgan fingerprint density at radius 1 is 0.922 bits per heavy atom. The van der Waals surface area contributed by atoms with Crippen LogP contribution in [0.1, 0.15) is 16.7 Å². The van der Waals surface area contributed by atoms with Crippen molar-refractivity contribution in [1.29, 1.82) is 0 Å². The van der Waals surface area contributed by atoms with Crippen LogP contribution in [0.3, 0.4) is 0 Å². The number of anilines is 2. The highest BCUT2D eigenvalue weighted by Gasteiger charge is 2.21. The number of nitrogens with zero attached hydrogens (tertiary/aromatic N) is 4. The Morgan fingerprint density at radius 2 is 1.65 bits per heavy atom. The number of benzene rings is 4. The molecule has 9 nitrogen and oxygen atoms in total. The van der Waals surface area contributed by atoms with Gasteiger partial charge in [0.05, 0.1) is 34.8 Å². The molecule has 1 atom stereocenters. The van der Waals surface area contributed by atoms with Crippen molar-refractivity contribution < 1.29 is 21.7 Å². The van der Waals surface area contributed by atoms with Gasteiger partial charge in [-0.3, -0.25) is 4.18 Å². The number of rotatable bonds is 13. The molecule has 3 heterocycles. The van der Waals surface area contributed by atoms with Crippen LogP contribution in [0.25, 0.3) is 11.0 Å². The van der Waals surface area contributed by atoms with Crippen molar-refractivity contribution in [2.45, 2.75) is 30.7 Å². The fourth-order valence-corrected chi connectivity index (χ4v) is 8.56. The first-order valence-corrected chi connectivity index (χ1v) is 19.2. The minimum atomic E-state index is -3.94. The Morgan fingerprint density at radius 3 is 2.37 bits per heavy atom. The minimum absolute atomic E-state index is 0.0756. The van der Waals surface area contributed by atoms with E-state index in [9.17, 15) is 8.42 Å². The van der Waals surface area contributed by atoms with Crippen molar-refractivity contribution in [3.8, 4) is 5.75 Å². The Bertz CT molecular complexity index is 2330. The van der Waals surface area contributed by atoms with Gasteiger partial charge in [-0.2, -0.15) is 8.42 Å². The number of hydrogen-bond donors (Lipinski definition) is 1. The Labute approximate surface area is 303 Å². The van der Waals surface area contributed by atoms with Gasteiger partial charge in [-0.1, -0.05) is 101 Å². The third-order valence-corrected chi connectivity index (χ3v) is 11.7. The highest BCUT2D eigenvalue weighted by Crippen LogP contribution is 2.38. The first kappa shape index (κ1) is 34.4. The van der Waals surface area contributed by atoms with Gasteiger partial charge in [-0.15, -0.1) is 0 Å². The molecule has 0 radical (unpaired) electrons. The number of halogens is 2. The number of hydrogen-bond acceptors (Lipinski definition) is 8. The SMILES string of the molecule is Cc1ccc(S(=O)(=O)OCCn2ccc3ncnc(Nc4cc(F)c(OC5=CN(Cc6ccccc6)S(Cc6ccccc6)=C5)c(Cl)c4)c32)cc1. The van der Waals surface area contributed by atoms with Crippen molar-refractivity contribution in [2.24, 2.45) is 0 Å². The van der Waals surface area contributed by atoms with E-state index in [2.05, 4.69) is 43.9 Å². The van der Waals surface area contributed by atoms with E-state index >= 15 is 4.39 Å². The van der Waals surface area contributed by atoms with Crippen LogP contribution in [0.5, 0.6) is 5.75 Å². The summed E-state index contributed by atoms with van der Waals surface area (Å²) in [6.45, 7) is 2.62. The fraction of sp³-hybridized carbons (Fsp3) is 0.132. The van der Waals surface area contributed by atoms with Crippen LogP contribution in [-0.2, 0) is 33.1 Å². The van der Waals surface area contributed by atoms with Crippen molar-refractivity contribution in [3.63, 3.8) is 0 Å². The molecule has 0 amide bonds. The molecular weight excluding hydrogens is 709 g/mol. The van der Waals surface area contributed by atoms with Crippen LogP contribution in [0, 0.1) is 12.7 Å². The van der Waals surface area contributed by atoms with Gasteiger partial charge >= 0.3 is 0 Å². The Hall–Kier alpha value is -5.01. The second kappa shape index (κ2) is 15.1. The maximum atomic E-state index is 15.7. The minimum Gasteiger partial charge on any atom is -0.451 e. The van der Waals surface area contributed by atoms with Gasteiger partial charge in [0.15, 0.2) is 23.1 Å². The summed E-state index contributed by atoms with van der Waals surface area (Å²) in [5.41, 5.74) is 4.82. The van der Waals surface area contributed by atoms with Crippen molar-refractivity contribution in [2.75, 3.05) is 11.9 Å². The van der Waals surface area contributed by atoms with Gasteiger partial charge in [0.25, 0.3) is 10.1 Å². The lowest BCUT2D eigenvalue weighted by Gasteiger charge is -2.21. The van der Waals surface area contributed by atoms with Gasteiger partial charge in [-0.25, -0.2) is 14.4 Å².